The highest BCUT2D eigenvalue weighted by molar-refractivity contribution is 7.19. The second kappa shape index (κ2) is 22.7. The van der Waals surface area contributed by atoms with Crippen LogP contribution in [-0.2, 0) is 5.16 Å². The highest BCUT2D eigenvalue weighted by Gasteiger charge is 2.33. The quantitative estimate of drug-likeness (QED) is 0.0417. The van der Waals surface area contributed by atoms with E-state index < -0.39 is 0 Å². The summed E-state index contributed by atoms with van der Waals surface area (Å²) in [6.07, 6.45) is 20.4. The molecule has 0 saturated carbocycles. The summed E-state index contributed by atoms with van der Waals surface area (Å²) in [5.41, 5.74) is 6.31. The van der Waals surface area contributed by atoms with Crippen LogP contribution in [0.25, 0.3) is 11.1 Å². The minimum atomic E-state index is -0.311. The molecule has 1 atom stereocenters. The third kappa shape index (κ3) is 14.5. The fourth-order valence-electron chi connectivity index (χ4n) is 6.36. The third-order valence-electron chi connectivity index (χ3n) is 9.08. The normalized spacial score (nSPS) is 11.3. The van der Waals surface area contributed by atoms with E-state index in [2.05, 4.69) is 153 Å². The van der Waals surface area contributed by atoms with Crippen LogP contribution in [-0.4, -0.2) is 37.6 Å². The maximum Gasteiger partial charge on any atom is 0.0780 e. The molecule has 0 aromatic heterocycles. The Morgan fingerprint density at radius 1 is 0.468 bits per heavy atom. The number of hydrogen-bond acceptors (Lipinski definition) is 0. The van der Waals surface area contributed by atoms with Crippen LogP contribution in [0.5, 0.6) is 0 Å². The number of unbranched alkanes of at least 4 members (excludes halogenated alkanes) is 13. The highest BCUT2D eigenvalue weighted by Crippen LogP contribution is 2.48. The van der Waals surface area contributed by atoms with Gasteiger partial charge in [-0.15, -0.1) is 9.24 Å². The first-order valence-electron chi connectivity index (χ1n) is 18.2. The summed E-state index contributed by atoms with van der Waals surface area (Å²) >= 11 is 0. The van der Waals surface area contributed by atoms with Crippen molar-refractivity contribution in [2.45, 2.75) is 102 Å². The van der Waals surface area contributed by atoms with Gasteiger partial charge >= 0.3 is 0 Å². The van der Waals surface area contributed by atoms with Gasteiger partial charge in [0.15, 0.2) is 0 Å². The Labute approximate surface area is 291 Å². The Bertz CT molecular complexity index is 1280. The first-order chi connectivity index (χ1) is 22.4. The molecule has 0 aliphatic rings. The zero-order chi connectivity index (χ0) is 32.9. The maximum atomic E-state index is 3.14. The SMILES string of the molecule is CCCCCCCCCCCCCCCC[N+](C)(C)C.O.PC(c1ccccc1)(c1ccccc1)c1ccccc1-c1ccccc1. The summed E-state index contributed by atoms with van der Waals surface area (Å²) in [6.45, 7) is 3.63. The van der Waals surface area contributed by atoms with Crippen LogP contribution in [0, 0.1) is 0 Å². The van der Waals surface area contributed by atoms with E-state index in [0.29, 0.717) is 0 Å². The molecule has 0 fully saturated rings. The van der Waals surface area contributed by atoms with E-state index in [4.69, 9.17) is 0 Å². The Hall–Kier alpha value is -2.77. The van der Waals surface area contributed by atoms with Gasteiger partial charge in [0.2, 0.25) is 0 Å². The Kier molecular flexibility index (Phi) is 19.5. The van der Waals surface area contributed by atoms with Gasteiger partial charge in [0, 0.05) is 0 Å². The lowest BCUT2D eigenvalue weighted by molar-refractivity contribution is -0.870. The van der Waals surface area contributed by atoms with Crippen molar-refractivity contribution in [1.82, 2.24) is 0 Å². The predicted octanol–water partition coefficient (Wildman–Crippen LogP) is 11.9. The van der Waals surface area contributed by atoms with Gasteiger partial charge in [-0.25, -0.2) is 0 Å². The maximum absolute atomic E-state index is 3.14. The van der Waals surface area contributed by atoms with Crippen LogP contribution in [0.4, 0.5) is 0 Å². The molecule has 0 aliphatic heterocycles. The van der Waals surface area contributed by atoms with E-state index in [-0.39, 0.29) is 10.6 Å². The van der Waals surface area contributed by atoms with Crippen molar-refractivity contribution in [1.29, 1.82) is 0 Å². The van der Waals surface area contributed by atoms with Gasteiger partial charge in [0.25, 0.3) is 0 Å². The third-order valence-corrected chi connectivity index (χ3v) is 10.1. The van der Waals surface area contributed by atoms with Crippen LogP contribution in [0.1, 0.15) is 114 Å². The van der Waals surface area contributed by atoms with E-state index in [1.165, 1.54) is 124 Å². The average Bonchev–Trinajstić information content (AvgIpc) is 3.09. The second-order valence-electron chi connectivity index (χ2n) is 14.1. The van der Waals surface area contributed by atoms with Crippen LogP contribution >= 0.6 is 9.24 Å². The van der Waals surface area contributed by atoms with Gasteiger partial charge in [-0.05, 0) is 40.7 Å². The molecule has 0 spiro atoms. The fourth-order valence-corrected chi connectivity index (χ4v) is 6.99. The molecular formula is C44H65NOP+. The fraction of sp³-hybridized carbons (Fsp3) is 0.455. The number of hydrogen-bond donors (Lipinski definition) is 0. The van der Waals surface area contributed by atoms with Crippen LogP contribution in [0.2, 0.25) is 0 Å². The predicted molar refractivity (Wildman–Crippen MR) is 211 cm³/mol. The van der Waals surface area contributed by atoms with Crippen molar-refractivity contribution in [3.8, 4) is 11.1 Å². The van der Waals surface area contributed by atoms with Crippen LogP contribution in [0.3, 0.4) is 0 Å². The molecule has 0 heterocycles. The number of nitrogens with zero attached hydrogens (tertiary/aromatic N) is 1. The second-order valence-corrected chi connectivity index (χ2v) is 14.9. The molecule has 47 heavy (non-hydrogen) atoms. The van der Waals surface area contributed by atoms with Gasteiger partial charge in [0.05, 0.1) is 32.8 Å². The number of benzene rings is 4. The molecule has 0 saturated heterocycles. The minimum absolute atomic E-state index is 0. The number of rotatable bonds is 19. The van der Waals surface area contributed by atoms with Gasteiger partial charge in [-0.3, -0.25) is 0 Å². The monoisotopic (exact) mass is 654 g/mol. The van der Waals surface area contributed by atoms with Gasteiger partial charge in [0.1, 0.15) is 0 Å². The van der Waals surface area contributed by atoms with Crippen LogP contribution in [0.15, 0.2) is 115 Å². The minimum Gasteiger partial charge on any atom is -0.412 e. The van der Waals surface area contributed by atoms with Crippen molar-refractivity contribution < 1.29 is 9.96 Å². The topological polar surface area (TPSA) is 31.5 Å². The van der Waals surface area contributed by atoms with Crippen molar-refractivity contribution in [2.75, 3.05) is 27.7 Å². The lowest BCUT2D eigenvalue weighted by Gasteiger charge is -2.33. The molecule has 3 heteroatoms. The molecular weight excluding hydrogens is 589 g/mol. The Balaban J connectivity index is 0.000000334. The molecule has 4 rings (SSSR count). The van der Waals surface area contributed by atoms with Gasteiger partial charge < -0.3 is 9.96 Å². The van der Waals surface area contributed by atoms with Gasteiger partial charge in [-0.1, -0.05) is 199 Å². The molecule has 0 bridgehead atoms. The summed E-state index contributed by atoms with van der Waals surface area (Å²) < 4.78 is 1.12. The molecule has 4 aromatic rings. The summed E-state index contributed by atoms with van der Waals surface area (Å²) in [4.78, 5) is 0. The molecule has 4 aromatic carbocycles. The van der Waals surface area contributed by atoms with E-state index in [1.54, 1.807) is 0 Å². The molecule has 1 unspecified atom stereocenters. The standard InChI is InChI=1S/C25H21P.C19H42N.H2O/c26-25(21-14-6-2-7-15-21,22-16-8-3-9-17-22)24-19-11-10-18-23(24)20-12-4-1-5-13-20;1-5-6-7-8-9-10-11-12-13-14-15-16-17-18-19-20(2,3)4;/h1-19H,26H2;5-19H2,1-4H3;1H2/q;+1;. The Morgan fingerprint density at radius 2 is 0.830 bits per heavy atom. The van der Waals surface area contributed by atoms with E-state index in [9.17, 15) is 0 Å². The van der Waals surface area contributed by atoms with E-state index >= 15 is 0 Å². The first kappa shape index (κ1) is 40.4. The molecule has 2 nitrogen and oxygen atoms in total. The molecule has 2 N–H and O–H groups in total. The van der Waals surface area contributed by atoms with Crippen LogP contribution < -0.4 is 0 Å². The van der Waals surface area contributed by atoms with Crippen molar-refractivity contribution in [3.63, 3.8) is 0 Å². The molecule has 0 aliphatic carbocycles. The van der Waals surface area contributed by atoms with Crippen molar-refractivity contribution in [3.05, 3.63) is 132 Å². The summed E-state index contributed by atoms with van der Waals surface area (Å²) in [5, 5.41) is -0.311. The van der Waals surface area contributed by atoms with E-state index in [1.807, 2.05) is 0 Å². The largest absolute Gasteiger partial charge is 0.412 e. The number of quaternary nitrogens is 1. The first-order valence-corrected chi connectivity index (χ1v) is 18.8. The Morgan fingerprint density at radius 3 is 1.26 bits per heavy atom. The van der Waals surface area contributed by atoms with Gasteiger partial charge in [-0.2, -0.15) is 0 Å². The summed E-state index contributed by atoms with van der Waals surface area (Å²) in [5.74, 6) is 0. The zero-order valence-electron chi connectivity index (χ0n) is 30.1. The van der Waals surface area contributed by atoms with Crippen molar-refractivity contribution >= 4 is 9.24 Å². The average molecular weight is 655 g/mol. The highest BCUT2D eigenvalue weighted by atomic mass is 31.0. The molecule has 256 valence electrons. The van der Waals surface area contributed by atoms with E-state index in [0.717, 1.165) is 4.48 Å². The summed E-state index contributed by atoms with van der Waals surface area (Å²) in [7, 11) is 10.0. The lowest BCUT2D eigenvalue weighted by atomic mass is 9.80. The lowest BCUT2D eigenvalue weighted by Crippen LogP contribution is -2.35. The molecule has 0 radical (unpaired) electrons. The zero-order valence-corrected chi connectivity index (χ0v) is 31.3. The molecule has 0 amide bonds. The smallest absolute Gasteiger partial charge is 0.0780 e. The van der Waals surface area contributed by atoms with Crippen molar-refractivity contribution in [2.24, 2.45) is 0 Å². The summed E-state index contributed by atoms with van der Waals surface area (Å²) in [6, 6.07) is 40.8.